The minimum atomic E-state index is -0.283. The SMILES string of the molecule is Cn1ccnc1CCC(NN)c1cccc(F)c1Br. The Balaban J connectivity index is 2.12. The first kappa shape index (κ1) is 14.2. The van der Waals surface area contributed by atoms with Gasteiger partial charge < -0.3 is 4.57 Å². The summed E-state index contributed by atoms with van der Waals surface area (Å²) in [5, 5.41) is 0. The zero-order valence-corrected chi connectivity index (χ0v) is 12.2. The predicted molar refractivity (Wildman–Crippen MR) is 75.7 cm³/mol. The van der Waals surface area contributed by atoms with Crippen molar-refractivity contribution in [3.05, 3.63) is 52.3 Å². The van der Waals surface area contributed by atoms with Gasteiger partial charge in [-0.05, 0) is 34.0 Å². The number of halogens is 2. The fourth-order valence-corrected chi connectivity index (χ4v) is 2.57. The maximum absolute atomic E-state index is 13.5. The van der Waals surface area contributed by atoms with Gasteiger partial charge in [0.2, 0.25) is 0 Å². The number of hydrazine groups is 1. The molecule has 4 nitrogen and oxygen atoms in total. The highest BCUT2D eigenvalue weighted by atomic mass is 79.9. The maximum atomic E-state index is 13.5. The normalized spacial score (nSPS) is 12.6. The third kappa shape index (κ3) is 3.20. The molecule has 1 aromatic carbocycles. The summed E-state index contributed by atoms with van der Waals surface area (Å²) >= 11 is 3.26. The second-order valence-electron chi connectivity index (χ2n) is 4.36. The van der Waals surface area contributed by atoms with Crippen LogP contribution in [0.2, 0.25) is 0 Å². The van der Waals surface area contributed by atoms with E-state index in [2.05, 4.69) is 26.3 Å². The van der Waals surface area contributed by atoms with Crippen LogP contribution in [-0.4, -0.2) is 9.55 Å². The lowest BCUT2D eigenvalue weighted by Gasteiger charge is -2.18. The number of nitrogens with one attached hydrogen (secondary N) is 1. The van der Waals surface area contributed by atoms with Crippen LogP contribution in [0.25, 0.3) is 0 Å². The van der Waals surface area contributed by atoms with E-state index in [1.807, 2.05) is 23.9 Å². The average Bonchev–Trinajstić information content (AvgIpc) is 2.80. The molecule has 102 valence electrons. The van der Waals surface area contributed by atoms with E-state index < -0.39 is 0 Å². The van der Waals surface area contributed by atoms with Crippen LogP contribution in [0.4, 0.5) is 4.39 Å². The molecule has 19 heavy (non-hydrogen) atoms. The summed E-state index contributed by atoms with van der Waals surface area (Å²) in [7, 11) is 1.95. The minimum Gasteiger partial charge on any atom is -0.338 e. The average molecular weight is 327 g/mol. The van der Waals surface area contributed by atoms with Crippen LogP contribution < -0.4 is 11.3 Å². The molecule has 6 heteroatoms. The number of nitrogens with two attached hydrogens (primary N) is 1. The van der Waals surface area contributed by atoms with Gasteiger partial charge in [-0.25, -0.2) is 9.37 Å². The highest BCUT2D eigenvalue weighted by Crippen LogP contribution is 2.28. The van der Waals surface area contributed by atoms with Crippen LogP contribution in [0.1, 0.15) is 23.9 Å². The number of benzene rings is 1. The molecule has 2 rings (SSSR count). The van der Waals surface area contributed by atoms with E-state index in [1.165, 1.54) is 6.07 Å². The largest absolute Gasteiger partial charge is 0.338 e. The van der Waals surface area contributed by atoms with E-state index in [-0.39, 0.29) is 11.9 Å². The zero-order chi connectivity index (χ0) is 13.8. The lowest BCUT2D eigenvalue weighted by Crippen LogP contribution is -2.29. The fraction of sp³-hybridized carbons (Fsp3) is 0.308. The van der Waals surface area contributed by atoms with Gasteiger partial charge in [-0.1, -0.05) is 12.1 Å². The minimum absolute atomic E-state index is 0.123. The summed E-state index contributed by atoms with van der Waals surface area (Å²) in [5.74, 6) is 6.28. The van der Waals surface area contributed by atoms with Gasteiger partial charge in [0, 0.05) is 31.9 Å². The first-order chi connectivity index (χ1) is 9.13. The topological polar surface area (TPSA) is 55.9 Å². The summed E-state index contributed by atoms with van der Waals surface area (Å²) in [6, 6.07) is 4.83. The van der Waals surface area contributed by atoms with E-state index >= 15 is 0 Å². The van der Waals surface area contributed by atoms with Crippen molar-refractivity contribution in [2.75, 3.05) is 0 Å². The molecule has 0 saturated carbocycles. The van der Waals surface area contributed by atoms with Gasteiger partial charge in [-0.2, -0.15) is 0 Å². The van der Waals surface area contributed by atoms with Crippen LogP contribution in [-0.2, 0) is 13.5 Å². The lowest BCUT2D eigenvalue weighted by molar-refractivity contribution is 0.499. The maximum Gasteiger partial charge on any atom is 0.137 e. The van der Waals surface area contributed by atoms with Crippen LogP contribution in [0.3, 0.4) is 0 Å². The standard InChI is InChI=1S/C13H16BrFN4/c1-19-8-7-17-12(19)6-5-11(18-16)9-3-2-4-10(15)13(9)14/h2-4,7-8,11,18H,5-6,16H2,1H3. The fourth-order valence-electron chi connectivity index (χ4n) is 2.03. The van der Waals surface area contributed by atoms with Gasteiger partial charge in [-0.3, -0.25) is 11.3 Å². The van der Waals surface area contributed by atoms with E-state index in [4.69, 9.17) is 5.84 Å². The quantitative estimate of drug-likeness (QED) is 0.655. The van der Waals surface area contributed by atoms with E-state index in [0.717, 1.165) is 24.2 Å². The van der Waals surface area contributed by atoms with Crippen LogP contribution in [0, 0.1) is 5.82 Å². The van der Waals surface area contributed by atoms with Crippen molar-refractivity contribution in [1.29, 1.82) is 0 Å². The van der Waals surface area contributed by atoms with E-state index in [9.17, 15) is 4.39 Å². The van der Waals surface area contributed by atoms with E-state index in [1.54, 1.807) is 12.3 Å². The molecule has 1 aromatic heterocycles. The van der Waals surface area contributed by atoms with Crippen molar-refractivity contribution in [2.45, 2.75) is 18.9 Å². The summed E-state index contributed by atoms with van der Waals surface area (Å²) in [6.07, 6.45) is 5.17. The Morgan fingerprint density at radius 3 is 2.95 bits per heavy atom. The van der Waals surface area contributed by atoms with Crippen LogP contribution in [0.15, 0.2) is 35.1 Å². The molecule has 0 spiro atoms. The summed E-state index contributed by atoms with van der Waals surface area (Å²) in [6.45, 7) is 0. The number of rotatable bonds is 5. The molecule has 0 aliphatic heterocycles. The zero-order valence-electron chi connectivity index (χ0n) is 10.6. The van der Waals surface area contributed by atoms with Crippen LogP contribution >= 0.6 is 15.9 Å². The van der Waals surface area contributed by atoms with Crippen molar-refractivity contribution < 1.29 is 4.39 Å². The highest BCUT2D eigenvalue weighted by molar-refractivity contribution is 9.10. The van der Waals surface area contributed by atoms with Crippen molar-refractivity contribution in [3.63, 3.8) is 0 Å². The Bertz CT molecular complexity index is 555. The second-order valence-corrected chi connectivity index (χ2v) is 5.15. The van der Waals surface area contributed by atoms with Gasteiger partial charge in [0.05, 0.1) is 4.47 Å². The van der Waals surface area contributed by atoms with Crippen molar-refractivity contribution in [3.8, 4) is 0 Å². The van der Waals surface area contributed by atoms with Gasteiger partial charge in [0.15, 0.2) is 0 Å². The Morgan fingerprint density at radius 2 is 2.32 bits per heavy atom. The van der Waals surface area contributed by atoms with Crippen LogP contribution in [0.5, 0.6) is 0 Å². The molecular weight excluding hydrogens is 311 g/mol. The molecule has 0 radical (unpaired) electrons. The molecule has 1 heterocycles. The molecule has 0 aliphatic carbocycles. The molecular formula is C13H16BrFN4. The third-order valence-electron chi connectivity index (χ3n) is 3.14. The summed E-state index contributed by atoms with van der Waals surface area (Å²) in [5.41, 5.74) is 3.55. The monoisotopic (exact) mass is 326 g/mol. The molecule has 3 N–H and O–H groups in total. The number of nitrogens with zero attached hydrogens (tertiary/aromatic N) is 2. The van der Waals surface area contributed by atoms with Crippen molar-refractivity contribution >= 4 is 15.9 Å². The van der Waals surface area contributed by atoms with Gasteiger partial charge in [-0.15, -0.1) is 0 Å². The first-order valence-corrected chi connectivity index (χ1v) is 6.79. The highest BCUT2D eigenvalue weighted by Gasteiger charge is 2.16. The lowest BCUT2D eigenvalue weighted by atomic mass is 10.0. The number of aromatic nitrogens is 2. The molecule has 0 amide bonds. The van der Waals surface area contributed by atoms with Crippen molar-refractivity contribution in [1.82, 2.24) is 15.0 Å². The Morgan fingerprint density at radius 1 is 1.53 bits per heavy atom. The van der Waals surface area contributed by atoms with Gasteiger partial charge >= 0.3 is 0 Å². The Hall–Kier alpha value is -1.24. The van der Waals surface area contributed by atoms with E-state index in [0.29, 0.717) is 4.47 Å². The van der Waals surface area contributed by atoms with Gasteiger partial charge in [0.25, 0.3) is 0 Å². The Kier molecular flexibility index (Phi) is 4.68. The number of aryl methyl sites for hydroxylation is 2. The predicted octanol–water partition coefficient (Wildman–Crippen LogP) is 2.46. The molecule has 0 fully saturated rings. The smallest absolute Gasteiger partial charge is 0.137 e. The van der Waals surface area contributed by atoms with Gasteiger partial charge in [0.1, 0.15) is 11.6 Å². The summed E-state index contributed by atoms with van der Waals surface area (Å²) in [4.78, 5) is 4.26. The number of imidazole rings is 1. The molecule has 0 bridgehead atoms. The molecule has 1 unspecified atom stereocenters. The number of hydrogen-bond donors (Lipinski definition) is 2. The molecule has 0 saturated heterocycles. The third-order valence-corrected chi connectivity index (χ3v) is 3.97. The second kappa shape index (κ2) is 6.27. The molecule has 0 aliphatic rings. The number of hydrogen-bond acceptors (Lipinski definition) is 3. The summed E-state index contributed by atoms with van der Waals surface area (Å²) < 4.78 is 15.9. The molecule has 1 atom stereocenters. The van der Waals surface area contributed by atoms with Crippen molar-refractivity contribution in [2.24, 2.45) is 12.9 Å². The first-order valence-electron chi connectivity index (χ1n) is 5.99. The Labute approximate surface area is 119 Å². The molecule has 2 aromatic rings.